The summed E-state index contributed by atoms with van der Waals surface area (Å²) in [6, 6.07) is 5.62. The van der Waals surface area contributed by atoms with Crippen molar-refractivity contribution in [1.82, 2.24) is 4.98 Å². The molecular formula is C12H14N2O2. The molecule has 1 aromatic heterocycles. The highest BCUT2D eigenvalue weighted by Crippen LogP contribution is 2.15. The second kappa shape index (κ2) is 6.57. The van der Waals surface area contributed by atoms with Crippen LogP contribution in [0.3, 0.4) is 0 Å². The Morgan fingerprint density at radius 1 is 1.50 bits per heavy atom. The molecule has 0 unspecified atom stereocenters. The molecule has 84 valence electrons. The van der Waals surface area contributed by atoms with Crippen molar-refractivity contribution < 1.29 is 9.53 Å². The van der Waals surface area contributed by atoms with Crippen LogP contribution < -0.4 is 4.74 Å². The molecule has 0 aliphatic rings. The van der Waals surface area contributed by atoms with Gasteiger partial charge in [-0.25, -0.2) is 4.98 Å². The topological polar surface area (TPSA) is 63.0 Å². The van der Waals surface area contributed by atoms with Crippen LogP contribution in [-0.2, 0) is 0 Å². The quantitative estimate of drug-likeness (QED) is 0.542. The summed E-state index contributed by atoms with van der Waals surface area (Å²) in [4.78, 5) is 14.8. The van der Waals surface area contributed by atoms with Gasteiger partial charge in [0.05, 0.1) is 12.7 Å². The number of aryl methyl sites for hydroxylation is 1. The second-order valence-corrected chi connectivity index (χ2v) is 3.42. The number of nitrogens with zero attached hydrogens (tertiary/aromatic N) is 2. The van der Waals surface area contributed by atoms with Crippen LogP contribution in [0.4, 0.5) is 0 Å². The molecule has 0 fully saturated rings. The minimum Gasteiger partial charge on any atom is -0.491 e. The lowest BCUT2D eigenvalue weighted by Gasteiger charge is -2.07. The van der Waals surface area contributed by atoms with E-state index in [1.54, 1.807) is 12.1 Å². The van der Waals surface area contributed by atoms with Crippen molar-refractivity contribution >= 4 is 6.29 Å². The summed E-state index contributed by atoms with van der Waals surface area (Å²) < 4.78 is 5.43. The van der Waals surface area contributed by atoms with E-state index in [0.717, 1.165) is 18.5 Å². The van der Waals surface area contributed by atoms with Crippen molar-refractivity contribution in [2.75, 3.05) is 6.61 Å². The van der Waals surface area contributed by atoms with Crippen molar-refractivity contribution in [3.05, 3.63) is 23.5 Å². The Morgan fingerprint density at radius 3 is 3.00 bits per heavy atom. The maximum Gasteiger partial charge on any atom is 0.172 e. The first kappa shape index (κ1) is 12.2. The summed E-state index contributed by atoms with van der Waals surface area (Å²) in [5.41, 5.74) is 1.12. The Hall–Kier alpha value is -1.89. The molecule has 0 saturated carbocycles. The van der Waals surface area contributed by atoms with E-state index in [-0.39, 0.29) is 0 Å². The normalized spacial score (nSPS) is 9.50. The Kier molecular flexibility index (Phi) is 5.00. The van der Waals surface area contributed by atoms with Gasteiger partial charge in [0.2, 0.25) is 0 Å². The molecule has 0 aliphatic carbocycles. The van der Waals surface area contributed by atoms with Gasteiger partial charge in [-0.3, -0.25) is 4.79 Å². The fourth-order valence-electron chi connectivity index (χ4n) is 1.26. The number of carbonyl (C=O) groups is 1. The largest absolute Gasteiger partial charge is 0.491 e. The highest BCUT2D eigenvalue weighted by atomic mass is 16.5. The number of hydrogen-bond acceptors (Lipinski definition) is 4. The zero-order valence-corrected chi connectivity index (χ0v) is 9.27. The number of aromatic nitrogens is 1. The lowest BCUT2D eigenvalue weighted by Crippen LogP contribution is -2.02. The number of ether oxygens (including phenoxy) is 1. The van der Waals surface area contributed by atoms with Crippen LogP contribution in [0.1, 0.15) is 35.4 Å². The first-order valence-corrected chi connectivity index (χ1v) is 5.20. The Morgan fingerprint density at radius 2 is 2.31 bits per heavy atom. The van der Waals surface area contributed by atoms with Crippen molar-refractivity contribution in [2.45, 2.75) is 26.2 Å². The molecule has 0 N–H and O–H groups in total. The Labute approximate surface area is 94.9 Å². The fraction of sp³-hybridized carbons (Fsp3) is 0.417. The van der Waals surface area contributed by atoms with Gasteiger partial charge < -0.3 is 4.74 Å². The molecule has 0 atom stereocenters. The van der Waals surface area contributed by atoms with Crippen LogP contribution in [0, 0.1) is 18.3 Å². The zero-order chi connectivity index (χ0) is 11.8. The van der Waals surface area contributed by atoms with Gasteiger partial charge in [0.1, 0.15) is 11.4 Å². The molecule has 1 rings (SSSR count). The number of hydrogen-bond donors (Lipinski definition) is 0. The lowest BCUT2D eigenvalue weighted by atomic mass is 10.2. The van der Waals surface area contributed by atoms with Gasteiger partial charge in [0, 0.05) is 12.1 Å². The van der Waals surface area contributed by atoms with Gasteiger partial charge in [-0.15, -0.1) is 0 Å². The third kappa shape index (κ3) is 3.70. The molecule has 1 heterocycles. The van der Waals surface area contributed by atoms with Crippen LogP contribution in [0.2, 0.25) is 0 Å². The molecule has 0 aromatic carbocycles. The van der Waals surface area contributed by atoms with Crippen LogP contribution in [0.5, 0.6) is 5.75 Å². The van der Waals surface area contributed by atoms with Crippen LogP contribution in [-0.4, -0.2) is 17.9 Å². The summed E-state index contributed by atoms with van der Waals surface area (Å²) in [6.45, 7) is 2.33. The van der Waals surface area contributed by atoms with Gasteiger partial charge >= 0.3 is 0 Å². The summed E-state index contributed by atoms with van der Waals surface area (Å²) >= 11 is 0. The van der Waals surface area contributed by atoms with Gasteiger partial charge in [0.25, 0.3) is 0 Å². The minimum absolute atomic E-state index is 0.334. The van der Waals surface area contributed by atoms with Crippen LogP contribution >= 0.6 is 0 Å². The molecule has 0 spiro atoms. The van der Waals surface area contributed by atoms with Crippen molar-refractivity contribution in [1.29, 1.82) is 5.26 Å². The van der Waals surface area contributed by atoms with E-state index in [4.69, 9.17) is 10.00 Å². The standard InChI is InChI=1S/C12H14N2O2/c1-10-5-6-12(11(9-15)14-10)16-8-4-2-3-7-13/h5-6,9H,2-4,8H2,1H3. The van der Waals surface area contributed by atoms with Gasteiger partial charge in [0.15, 0.2) is 6.29 Å². The van der Waals surface area contributed by atoms with Gasteiger partial charge in [-0.1, -0.05) is 0 Å². The number of aldehydes is 1. The lowest BCUT2D eigenvalue weighted by molar-refractivity contribution is 0.111. The maximum absolute atomic E-state index is 10.7. The Bertz CT molecular complexity index is 396. The predicted molar refractivity (Wildman–Crippen MR) is 59.3 cm³/mol. The Balaban J connectivity index is 2.47. The van der Waals surface area contributed by atoms with Crippen LogP contribution in [0.15, 0.2) is 12.1 Å². The third-order valence-electron chi connectivity index (χ3n) is 2.08. The molecule has 4 nitrogen and oxygen atoms in total. The smallest absolute Gasteiger partial charge is 0.172 e. The number of unbranched alkanes of at least 4 members (excludes halogenated alkanes) is 2. The first-order chi connectivity index (χ1) is 7.77. The van der Waals surface area contributed by atoms with E-state index in [9.17, 15) is 4.79 Å². The maximum atomic E-state index is 10.7. The molecule has 0 saturated heterocycles. The molecule has 0 radical (unpaired) electrons. The third-order valence-corrected chi connectivity index (χ3v) is 2.08. The summed E-state index contributed by atoms with van der Waals surface area (Å²) in [5, 5.41) is 8.35. The average molecular weight is 218 g/mol. The van der Waals surface area contributed by atoms with Crippen molar-refractivity contribution in [2.24, 2.45) is 0 Å². The number of nitriles is 1. The van der Waals surface area contributed by atoms with Gasteiger partial charge in [-0.05, 0) is 31.9 Å². The minimum atomic E-state index is 0.334. The molecule has 16 heavy (non-hydrogen) atoms. The molecule has 0 aliphatic heterocycles. The molecule has 0 amide bonds. The fourth-order valence-corrected chi connectivity index (χ4v) is 1.26. The first-order valence-electron chi connectivity index (χ1n) is 5.20. The van der Waals surface area contributed by atoms with E-state index in [0.29, 0.717) is 30.8 Å². The molecule has 0 bridgehead atoms. The SMILES string of the molecule is Cc1ccc(OCCCCC#N)c(C=O)n1. The van der Waals surface area contributed by atoms with Crippen molar-refractivity contribution in [3.63, 3.8) is 0 Å². The van der Waals surface area contributed by atoms with E-state index in [1.165, 1.54) is 0 Å². The van der Waals surface area contributed by atoms with E-state index in [1.807, 2.05) is 6.92 Å². The zero-order valence-electron chi connectivity index (χ0n) is 9.27. The monoisotopic (exact) mass is 218 g/mol. The van der Waals surface area contributed by atoms with E-state index < -0.39 is 0 Å². The van der Waals surface area contributed by atoms with E-state index >= 15 is 0 Å². The van der Waals surface area contributed by atoms with Crippen LogP contribution in [0.25, 0.3) is 0 Å². The molecular weight excluding hydrogens is 204 g/mol. The van der Waals surface area contributed by atoms with Crippen molar-refractivity contribution in [3.8, 4) is 11.8 Å². The summed E-state index contributed by atoms with van der Waals surface area (Å²) in [7, 11) is 0. The second-order valence-electron chi connectivity index (χ2n) is 3.42. The highest BCUT2D eigenvalue weighted by molar-refractivity contribution is 5.76. The number of rotatable bonds is 6. The average Bonchev–Trinajstić information content (AvgIpc) is 2.30. The van der Waals surface area contributed by atoms with E-state index in [2.05, 4.69) is 11.1 Å². The number of carbonyl (C=O) groups excluding carboxylic acids is 1. The predicted octanol–water partition coefficient (Wildman–Crippen LogP) is 2.28. The van der Waals surface area contributed by atoms with Gasteiger partial charge in [-0.2, -0.15) is 5.26 Å². The molecule has 1 aromatic rings. The number of pyridine rings is 1. The summed E-state index contributed by atoms with van der Waals surface area (Å²) in [6.07, 6.45) is 2.85. The highest BCUT2D eigenvalue weighted by Gasteiger charge is 2.04. The summed E-state index contributed by atoms with van der Waals surface area (Å²) in [5.74, 6) is 0.512. The molecule has 4 heteroatoms.